The lowest BCUT2D eigenvalue weighted by atomic mass is 9.89. The first-order valence-corrected chi connectivity index (χ1v) is 6.58. The topological polar surface area (TPSA) is 118 Å². The summed E-state index contributed by atoms with van der Waals surface area (Å²) in [6.07, 6.45) is -3.45. The lowest BCUT2D eigenvalue weighted by molar-refractivity contribution is -0.234. The summed E-state index contributed by atoms with van der Waals surface area (Å²) >= 11 is 0. The van der Waals surface area contributed by atoms with Crippen LogP contribution in [-0.2, 0) is 28.5 Å². The molecule has 5 unspecified atom stereocenters. The first-order chi connectivity index (χ1) is 9.79. The number of methoxy groups -OCH3 is 1. The highest BCUT2D eigenvalue weighted by Crippen LogP contribution is 2.43. The Labute approximate surface area is 121 Å². The van der Waals surface area contributed by atoms with Crippen molar-refractivity contribution >= 4 is 12.0 Å². The molecule has 0 saturated carbocycles. The second-order valence-corrected chi connectivity index (χ2v) is 5.76. The number of hydrogen-bond donors (Lipinski definition) is 2. The summed E-state index contributed by atoms with van der Waals surface area (Å²) < 4.78 is 27.3. The Balaban J connectivity index is 1.94. The highest BCUT2D eigenvalue weighted by Gasteiger charge is 2.65. The van der Waals surface area contributed by atoms with Crippen LogP contribution in [0.3, 0.4) is 0 Å². The van der Waals surface area contributed by atoms with Crippen LogP contribution in [0.1, 0.15) is 13.8 Å². The second-order valence-electron chi connectivity index (χ2n) is 5.76. The van der Waals surface area contributed by atoms with E-state index in [9.17, 15) is 9.59 Å². The Bertz CT molecular complexity index is 482. The van der Waals surface area contributed by atoms with Gasteiger partial charge in [0.2, 0.25) is 5.91 Å². The second kappa shape index (κ2) is 4.54. The van der Waals surface area contributed by atoms with Crippen molar-refractivity contribution in [3.63, 3.8) is 0 Å². The molecule has 3 aliphatic rings. The minimum Gasteiger partial charge on any atom is -0.446 e. The number of primary amides is 1. The van der Waals surface area contributed by atoms with E-state index in [-0.39, 0.29) is 6.61 Å². The number of nitrogens with two attached hydrogens (primary N) is 1. The van der Waals surface area contributed by atoms with Gasteiger partial charge in [-0.1, -0.05) is 0 Å². The Hall–Kier alpha value is -1.42. The number of carbonyl (C=O) groups is 2. The molecule has 118 valence electrons. The first-order valence-electron chi connectivity index (χ1n) is 6.58. The zero-order valence-corrected chi connectivity index (χ0v) is 12.0. The van der Waals surface area contributed by atoms with E-state index in [1.54, 1.807) is 13.8 Å². The number of alkyl carbamates (subject to hydrolysis) is 1. The number of carbonyl (C=O) groups excluding carboxylic acids is 2. The quantitative estimate of drug-likeness (QED) is 0.675. The largest absolute Gasteiger partial charge is 0.446 e. The van der Waals surface area contributed by atoms with Crippen molar-refractivity contribution in [1.29, 1.82) is 0 Å². The number of ether oxygens (including phenoxy) is 5. The number of cyclic esters (lactones) is 1. The third-order valence-electron chi connectivity index (χ3n) is 3.92. The Morgan fingerprint density at radius 2 is 2.05 bits per heavy atom. The molecule has 9 heteroatoms. The molecule has 2 amide bonds. The normalized spacial score (nSPS) is 44.2. The maximum Gasteiger partial charge on any atom is 0.408 e. The molecule has 0 bridgehead atoms. The van der Waals surface area contributed by atoms with Gasteiger partial charge in [0.05, 0.1) is 0 Å². The number of amides is 2. The molecular formula is C12H18N2O7. The van der Waals surface area contributed by atoms with Gasteiger partial charge >= 0.3 is 6.09 Å². The molecular weight excluding hydrogens is 284 g/mol. The van der Waals surface area contributed by atoms with Gasteiger partial charge in [0.15, 0.2) is 17.6 Å². The van der Waals surface area contributed by atoms with Gasteiger partial charge < -0.3 is 34.7 Å². The highest BCUT2D eigenvalue weighted by atomic mass is 16.8. The zero-order chi connectivity index (χ0) is 15.4. The average Bonchev–Trinajstić information content (AvgIpc) is 3.00. The molecule has 5 atom stereocenters. The summed E-state index contributed by atoms with van der Waals surface area (Å²) in [4.78, 5) is 23.3. The van der Waals surface area contributed by atoms with Crippen LogP contribution in [-0.4, -0.2) is 61.6 Å². The van der Waals surface area contributed by atoms with Gasteiger partial charge in [-0.05, 0) is 13.8 Å². The van der Waals surface area contributed by atoms with E-state index in [0.717, 1.165) is 0 Å². The van der Waals surface area contributed by atoms with Crippen LogP contribution >= 0.6 is 0 Å². The van der Waals surface area contributed by atoms with Crippen molar-refractivity contribution in [3.8, 4) is 0 Å². The van der Waals surface area contributed by atoms with Gasteiger partial charge in [0, 0.05) is 7.11 Å². The molecule has 0 aliphatic carbocycles. The van der Waals surface area contributed by atoms with Crippen LogP contribution in [0.4, 0.5) is 4.79 Å². The van der Waals surface area contributed by atoms with Crippen LogP contribution < -0.4 is 11.1 Å². The highest BCUT2D eigenvalue weighted by molar-refractivity contribution is 5.92. The summed E-state index contributed by atoms with van der Waals surface area (Å²) in [6.45, 7) is 3.26. The number of rotatable bonds is 3. The van der Waals surface area contributed by atoms with Crippen molar-refractivity contribution < 1.29 is 33.3 Å². The molecule has 0 aromatic rings. The third-order valence-corrected chi connectivity index (χ3v) is 3.92. The molecule has 3 N–H and O–H groups in total. The van der Waals surface area contributed by atoms with E-state index < -0.39 is 47.9 Å². The third kappa shape index (κ3) is 2.08. The predicted octanol–water partition coefficient (Wildman–Crippen LogP) is -1.16. The van der Waals surface area contributed by atoms with E-state index in [0.29, 0.717) is 0 Å². The number of hydrogen-bond acceptors (Lipinski definition) is 7. The molecule has 3 rings (SSSR count). The van der Waals surface area contributed by atoms with Gasteiger partial charge in [-0.25, -0.2) is 4.79 Å². The number of fused-ring (bicyclic) bond motifs is 1. The minimum absolute atomic E-state index is 0.227. The molecule has 9 nitrogen and oxygen atoms in total. The fourth-order valence-electron chi connectivity index (χ4n) is 3.01. The van der Waals surface area contributed by atoms with Crippen LogP contribution in [0.2, 0.25) is 0 Å². The van der Waals surface area contributed by atoms with Crippen LogP contribution in [0.15, 0.2) is 0 Å². The van der Waals surface area contributed by atoms with Crippen molar-refractivity contribution in [3.05, 3.63) is 0 Å². The van der Waals surface area contributed by atoms with Crippen molar-refractivity contribution in [2.75, 3.05) is 13.7 Å². The standard InChI is InChI=1S/C12H18N2O7/c1-11(2)20-5-6(21-11)8(17-3)19-7(5)12(9(13)15)4-18-10(16)14-12/h5-8H,4H2,1-3H3,(H2,13,15)(H,14,16). The minimum atomic E-state index is -1.50. The Morgan fingerprint density at radius 1 is 1.38 bits per heavy atom. The fourth-order valence-corrected chi connectivity index (χ4v) is 3.01. The summed E-state index contributed by atoms with van der Waals surface area (Å²) in [5.41, 5.74) is 3.96. The summed E-state index contributed by atoms with van der Waals surface area (Å²) in [7, 11) is 1.46. The summed E-state index contributed by atoms with van der Waals surface area (Å²) in [5.74, 6) is -1.61. The van der Waals surface area contributed by atoms with Crippen LogP contribution in [0, 0.1) is 0 Å². The molecule has 21 heavy (non-hydrogen) atoms. The van der Waals surface area contributed by atoms with E-state index in [1.165, 1.54) is 7.11 Å². The average molecular weight is 302 g/mol. The molecule has 0 radical (unpaired) electrons. The first kappa shape index (κ1) is 14.5. The van der Waals surface area contributed by atoms with E-state index in [4.69, 9.17) is 29.4 Å². The van der Waals surface area contributed by atoms with E-state index in [1.807, 2.05) is 0 Å². The van der Waals surface area contributed by atoms with Gasteiger partial charge in [0.1, 0.15) is 24.9 Å². The molecule has 3 saturated heterocycles. The smallest absolute Gasteiger partial charge is 0.408 e. The molecule has 3 heterocycles. The maximum atomic E-state index is 11.9. The molecule has 3 aliphatic heterocycles. The monoisotopic (exact) mass is 302 g/mol. The van der Waals surface area contributed by atoms with Gasteiger partial charge in [0.25, 0.3) is 0 Å². The number of nitrogens with one attached hydrogen (secondary N) is 1. The molecule has 3 fully saturated rings. The lowest BCUT2D eigenvalue weighted by Crippen LogP contribution is -2.65. The molecule has 0 spiro atoms. The predicted molar refractivity (Wildman–Crippen MR) is 65.9 cm³/mol. The van der Waals surface area contributed by atoms with E-state index >= 15 is 0 Å². The van der Waals surface area contributed by atoms with Gasteiger partial charge in [-0.2, -0.15) is 0 Å². The van der Waals surface area contributed by atoms with Crippen molar-refractivity contribution in [2.45, 2.75) is 49.8 Å². The lowest BCUT2D eigenvalue weighted by Gasteiger charge is -2.32. The van der Waals surface area contributed by atoms with Crippen molar-refractivity contribution in [1.82, 2.24) is 5.32 Å². The molecule has 0 aromatic heterocycles. The Morgan fingerprint density at radius 3 is 2.57 bits per heavy atom. The van der Waals surface area contributed by atoms with Crippen molar-refractivity contribution in [2.24, 2.45) is 5.73 Å². The van der Waals surface area contributed by atoms with E-state index in [2.05, 4.69) is 5.32 Å². The van der Waals surface area contributed by atoms with Gasteiger partial charge in [-0.3, -0.25) is 4.79 Å². The van der Waals surface area contributed by atoms with Gasteiger partial charge in [-0.15, -0.1) is 0 Å². The molecule has 0 aromatic carbocycles. The SMILES string of the molecule is COC1OC(C2(C(N)=O)COC(=O)N2)C2OC(C)(C)OC12. The fraction of sp³-hybridized carbons (Fsp3) is 0.833. The van der Waals surface area contributed by atoms with Crippen LogP contribution in [0.25, 0.3) is 0 Å². The maximum absolute atomic E-state index is 11.9. The summed E-state index contributed by atoms with van der Waals surface area (Å²) in [5, 5.41) is 2.44. The summed E-state index contributed by atoms with van der Waals surface area (Å²) in [6, 6.07) is 0. The Kier molecular flexibility index (Phi) is 3.14. The zero-order valence-electron chi connectivity index (χ0n) is 12.0. The van der Waals surface area contributed by atoms with Crippen LogP contribution in [0.5, 0.6) is 0 Å².